The molecule has 0 spiro atoms. The first-order valence-corrected chi connectivity index (χ1v) is 10.7. The fourth-order valence-electron chi connectivity index (χ4n) is 1.93. The van der Waals surface area contributed by atoms with Gasteiger partial charge >= 0.3 is 0 Å². The second-order valence-electron chi connectivity index (χ2n) is 5.96. The van der Waals surface area contributed by atoms with Crippen LogP contribution in [0.2, 0.25) is 0 Å². The number of rotatable bonds is 8. The maximum Gasteiger partial charge on any atom is 0.241 e. The molecule has 0 heterocycles. The van der Waals surface area contributed by atoms with Gasteiger partial charge in [-0.15, -0.1) is 0 Å². The second-order valence-corrected chi connectivity index (χ2v) is 9.79. The maximum absolute atomic E-state index is 12.1. The third-order valence-electron chi connectivity index (χ3n) is 3.41. The average Bonchev–Trinajstić information content (AvgIpc) is 2.44. The second kappa shape index (κ2) is 8.70. The van der Waals surface area contributed by atoms with Gasteiger partial charge in [-0.25, -0.2) is 8.42 Å². The van der Waals surface area contributed by atoms with E-state index in [0.717, 1.165) is 23.3 Å². The number of nitrogens with one attached hydrogen (secondary N) is 1. The van der Waals surface area contributed by atoms with Crippen molar-refractivity contribution < 1.29 is 13.2 Å². The van der Waals surface area contributed by atoms with Crippen molar-refractivity contribution in [2.45, 2.75) is 44.2 Å². The van der Waals surface area contributed by atoms with Gasteiger partial charge in [-0.05, 0) is 35.8 Å². The molecule has 1 rings (SSSR count). The van der Waals surface area contributed by atoms with Crippen LogP contribution in [0.3, 0.4) is 0 Å². The van der Waals surface area contributed by atoms with Crippen LogP contribution in [0, 0.1) is 6.92 Å². The van der Waals surface area contributed by atoms with Crippen molar-refractivity contribution in [3.63, 3.8) is 0 Å². The Labute approximate surface area is 143 Å². The molecule has 0 aliphatic rings. The lowest BCUT2D eigenvalue weighted by Gasteiger charge is -2.16. The summed E-state index contributed by atoms with van der Waals surface area (Å²) < 4.78 is 22.3. The molecule has 3 N–H and O–H groups in total. The monoisotopic (exact) mass is 358 g/mol. The highest BCUT2D eigenvalue weighted by atomic mass is 32.2. The fraction of sp³-hybridized carbons (Fsp3) is 0.562. The van der Waals surface area contributed by atoms with E-state index in [0.29, 0.717) is 5.25 Å². The van der Waals surface area contributed by atoms with Gasteiger partial charge in [-0.2, -0.15) is 11.8 Å². The minimum Gasteiger partial charge on any atom is -0.324 e. The van der Waals surface area contributed by atoms with Gasteiger partial charge in [0.1, 0.15) is 9.84 Å². The molecule has 23 heavy (non-hydrogen) atoms. The third kappa shape index (κ3) is 7.37. The van der Waals surface area contributed by atoms with Gasteiger partial charge in [0.2, 0.25) is 5.91 Å². The van der Waals surface area contributed by atoms with E-state index in [2.05, 4.69) is 19.2 Å². The molecule has 0 aliphatic carbocycles. The number of amides is 1. The number of hydrogen-bond acceptors (Lipinski definition) is 5. The van der Waals surface area contributed by atoms with Crippen LogP contribution in [0.1, 0.15) is 31.4 Å². The van der Waals surface area contributed by atoms with Gasteiger partial charge in [0, 0.05) is 17.7 Å². The van der Waals surface area contributed by atoms with Crippen LogP contribution < -0.4 is 11.1 Å². The lowest BCUT2D eigenvalue weighted by molar-refractivity contribution is -0.117. The highest BCUT2D eigenvalue weighted by Crippen LogP contribution is 2.25. The number of carbonyl (C=O) groups excluding carboxylic acids is 1. The molecule has 5 nitrogen and oxygen atoms in total. The lowest BCUT2D eigenvalue weighted by Crippen LogP contribution is -2.37. The summed E-state index contributed by atoms with van der Waals surface area (Å²) in [5.74, 6) is 0.435. The molecular formula is C16H26N2O3S2. The van der Waals surface area contributed by atoms with E-state index < -0.39 is 15.9 Å². The summed E-state index contributed by atoms with van der Waals surface area (Å²) in [6.07, 6.45) is 1.25. The van der Waals surface area contributed by atoms with Crippen LogP contribution in [0.4, 0.5) is 5.69 Å². The first-order valence-electron chi connectivity index (χ1n) is 7.54. The van der Waals surface area contributed by atoms with Crippen molar-refractivity contribution in [1.82, 2.24) is 0 Å². The standard InChI is InChI=1S/C16H26N2O3S2/c1-11(2)22-10-13-6-5-7-15(12(13)3)18-16(19)14(17)8-9-23(4,20)21/h5-7,11,14H,8-10,17H2,1-4H3,(H,18,19). The molecule has 0 saturated heterocycles. The van der Waals surface area contributed by atoms with Crippen molar-refractivity contribution in [3.05, 3.63) is 29.3 Å². The van der Waals surface area contributed by atoms with E-state index in [9.17, 15) is 13.2 Å². The molecule has 1 aromatic carbocycles. The summed E-state index contributed by atoms with van der Waals surface area (Å²) in [7, 11) is -3.12. The SMILES string of the molecule is Cc1c(CSC(C)C)cccc1NC(=O)C(N)CCS(C)(=O)=O. The molecule has 7 heteroatoms. The van der Waals surface area contributed by atoms with Crippen molar-refractivity contribution >= 4 is 33.2 Å². The Kier molecular flexibility index (Phi) is 7.57. The zero-order chi connectivity index (χ0) is 17.6. The number of sulfone groups is 1. The Morgan fingerprint density at radius 3 is 2.57 bits per heavy atom. The molecule has 0 aliphatic heterocycles. The van der Waals surface area contributed by atoms with E-state index in [1.165, 1.54) is 5.56 Å². The highest BCUT2D eigenvalue weighted by Gasteiger charge is 2.17. The molecular weight excluding hydrogens is 332 g/mol. The van der Waals surface area contributed by atoms with Crippen molar-refractivity contribution in [2.24, 2.45) is 5.73 Å². The molecule has 130 valence electrons. The normalized spacial score (nSPS) is 13.1. The molecule has 0 radical (unpaired) electrons. The van der Waals surface area contributed by atoms with E-state index in [1.807, 2.05) is 36.9 Å². The molecule has 0 fully saturated rings. The number of carbonyl (C=O) groups is 1. The molecule has 1 unspecified atom stereocenters. The van der Waals surface area contributed by atoms with Crippen LogP contribution in [0.15, 0.2) is 18.2 Å². The van der Waals surface area contributed by atoms with E-state index in [4.69, 9.17) is 5.73 Å². The molecule has 1 amide bonds. The van der Waals surface area contributed by atoms with Gasteiger partial charge in [0.25, 0.3) is 0 Å². The summed E-state index contributed by atoms with van der Waals surface area (Å²) in [6, 6.07) is 4.95. The van der Waals surface area contributed by atoms with Crippen LogP contribution in [-0.4, -0.2) is 37.6 Å². The average molecular weight is 359 g/mol. The van der Waals surface area contributed by atoms with Crippen LogP contribution in [0.5, 0.6) is 0 Å². The fourth-order valence-corrected chi connectivity index (χ4v) is 3.44. The maximum atomic E-state index is 12.1. The Balaban J connectivity index is 2.72. The summed E-state index contributed by atoms with van der Waals surface area (Å²) in [5.41, 5.74) is 8.70. The Morgan fingerprint density at radius 1 is 1.35 bits per heavy atom. The molecule has 0 aromatic heterocycles. The minimum atomic E-state index is -3.12. The smallest absolute Gasteiger partial charge is 0.241 e. The number of anilines is 1. The van der Waals surface area contributed by atoms with Crippen LogP contribution in [-0.2, 0) is 20.4 Å². The zero-order valence-corrected chi connectivity index (χ0v) is 15.8. The quantitative estimate of drug-likeness (QED) is 0.744. The van der Waals surface area contributed by atoms with Crippen LogP contribution in [0.25, 0.3) is 0 Å². The largest absolute Gasteiger partial charge is 0.324 e. The summed E-state index contributed by atoms with van der Waals surface area (Å²) in [5, 5.41) is 3.35. The van der Waals surface area contributed by atoms with Crippen molar-refractivity contribution in [3.8, 4) is 0 Å². The minimum absolute atomic E-state index is 0.0916. The molecule has 0 saturated carbocycles. The number of benzene rings is 1. The molecule has 0 bridgehead atoms. The number of nitrogens with two attached hydrogens (primary N) is 1. The van der Waals surface area contributed by atoms with Crippen molar-refractivity contribution in [1.29, 1.82) is 0 Å². The van der Waals surface area contributed by atoms with Gasteiger partial charge < -0.3 is 11.1 Å². The zero-order valence-electron chi connectivity index (χ0n) is 14.1. The van der Waals surface area contributed by atoms with Gasteiger partial charge in [0.15, 0.2) is 0 Å². The van der Waals surface area contributed by atoms with E-state index in [-0.39, 0.29) is 18.1 Å². The van der Waals surface area contributed by atoms with Crippen LogP contribution >= 0.6 is 11.8 Å². The third-order valence-corrected chi connectivity index (χ3v) is 5.53. The van der Waals surface area contributed by atoms with Crippen molar-refractivity contribution in [2.75, 3.05) is 17.3 Å². The lowest BCUT2D eigenvalue weighted by atomic mass is 10.1. The Bertz CT molecular complexity index is 643. The number of thioether (sulfide) groups is 1. The van der Waals surface area contributed by atoms with Gasteiger partial charge in [0.05, 0.1) is 11.8 Å². The Hall–Kier alpha value is -1.05. The summed E-state index contributed by atoms with van der Waals surface area (Å²) in [6.45, 7) is 6.26. The van der Waals surface area contributed by atoms with Gasteiger partial charge in [-0.1, -0.05) is 26.0 Å². The first kappa shape index (κ1) is 20.0. The van der Waals surface area contributed by atoms with E-state index >= 15 is 0 Å². The topological polar surface area (TPSA) is 89.3 Å². The van der Waals surface area contributed by atoms with E-state index in [1.54, 1.807) is 0 Å². The first-order chi connectivity index (χ1) is 10.6. The predicted molar refractivity (Wildman–Crippen MR) is 98.5 cm³/mol. The highest BCUT2D eigenvalue weighted by molar-refractivity contribution is 7.99. The summed E-state index contributed by atoms with van der Waals surface area (Å²) in [4.78, 5) is 12.1. The summed E-state index contributed by atoms with van der Waals surface area (Å²) >= 11 is 1.84. The molecule has 1 aromatic rings. The molecule has 1 atom stereocenters. The van der Waals surface area contributed by atoms with Gasteiger partial charge in [-0.3, -0.25) is 4.79 Å². The predicted octanol–water partition coefficient (Wildman–Crippen LogP) is 2.34. The number of hydrogen-bond donors (Lipinski definition) is 2. The Morgan fingerprint density at radius 2 is 2.00 bits per heavy atom.